The number of rotatable bonds is 2. The molecule has 1 aromatic carbocycles. The number of nitrogens with one attached hydrogen (secondary N) is 1. The summed E-state index contributed by atoms with van der Waals surface area (Å²) in [5, 5.41) is 8.15. The number of nitrogens with zero attached hydrogens (tertiary/aromatic N) is 2. The van der Waals surface area contributed by atoms with E-state index in [-0.39, 0.29) is 5.82 Å². The van der Waals surface area contributed by atoms with E-state index < -0.39 is 0 Å². The molecule has 0 amide bonds. The van der Waals surface area contributed by atoms with Crippen molar-refractivity contribution >= 4 is 17.2 Å². The first-order valence-electron chi connectivity index (χ1n) is 6.91. The Hall–Kier alpha value is -2.14. The first-order chi connectivity index (χ1) is 10.2. The van der Waals surface area contributed by atoms with Crippen molar-refractivity contribution in [3.8, 4) is 16.3 Å². The van der Waals surface area contributed by atoms with Crippen LogP contribution in [0.5, 0.6) is 0 Å². The third kappa shape index (κ3) is 2.05. The Morgan fingerprint density at radius 1 is 1.19 bits per heavy atom. The first kappa shape index (κ1) is 12.6. The third-order valence-corrected chi connectivity index (χ3v) is 4.70. The molecule has 0 bridgehead atoms. The van der Waals surface area contributed by atoms with Gasteiger partial charge in [-0.05, 0) is 49.7 Å². The molecule has 0 atom stereocenters. The summed E-state index contributed by atoms with van der Waals surface area (Å²) in [6, 6.07) is 10.7. The maximum absolute atomic E-state index is 13.1. The lowest BCUT2D eigenvalue weighted by Gasteiger charge is -2.05. The fourth-order valence-electron chi connectivity index (χ4n) is 2.70. The van der Waals surface area contributed by atoms with Crippen molar-refractivity contribution in [3.63, 3.8) is 0 Å². The van der Waals surface area contributed by atoms with Crippen molar-refractivity contribution in [2.45, 2.75) is 13.3 Å². The van der Waals surface area contributed by atoms with Gasteiger partial charge in [0.15, 0.2) is 0 Å². The number of halogens is 1. The van der Waals surface area contributed by atoms with Crippen LogP contribution in [0, 0.1) is 12.7 Å². The summed E-state index contributed by atoms with van der Waals surface area (Å²) in [5.74, 6) is 0.798. The fraction of sp³-hybridized carbons (Fsp3) is 0.188. The van der Waals surface area contributed by atoms with E-state index in [4.69, 9.17) is 5.10 Å². The van der Waals surface area contributed by atoms with Gasteiger partial charge in [-0.3, -0.25) is 0 Å². The van der Waals surface area contributed by atoms with Gasteiger partial charge in [0.2, 0.25) is 0 Å². The van der Waals surface area contributed by atoms with Crippen molar-refractivity contribution in [2.24, 2.45) is 0 Å². The minimum absolute atomic E-state index is 0.232. The molecule has 0 unspecified atom stereocenters. The van der Waals surface area contributed by atoms with Gasteiger partial charge < -0.3 is 5.32 Å². The smallest absolute Gasteiger partial charge is 0.133 e. The van der Waals surface area contributed by atoms with Crippen molar-refractivity contribution in [2.75, 3.05) is 11.9 Å². The molecule has 3 nitrogen and oxygen atoms in total. The monoisotopic (exact) mass is 299 g/mol. The van der Waals surface area contributed by atoms with E-state index in [2.05, 4.69) is 24.4 Å². The van der Waals surface area contributed by atoms with Crippen LogP contribution in [0.3, 0.4) is 0 Å². The van der Waals surface area contributed by atoms with Crippen LogP contribution in [0.15, 0.2) is 36.4 Å². The number of benzene rings is 1. The number of hydrogen-bond donors (Lipinski definition) is 1. The van der Waals surface area contributed by atoms with Crippen LogP contribution in [0.25, 0.3) is 16.3 Å². The summed E-state index contributed by atoms with van der Waals surface area (Å²) in [4.78, 5) is 2.47. The number of anilines is 1. The minimum atomic E-state index is -0.232. The molecule has 1 N–H and O–H groups in total. The molecule has 0 saturated carbocycles. The van der Waals surface area contributed by atoms with E-state index in [1.807, 2.05) is 4.68 Å². The highest BCUT2D eigenvalue weighted by Crippen LogP contribution is 2.37. The highest BCUT2D eigenvalue weighted by atomic mass is 32.1. The van der Waals surface area contributed by atoms with Gasteiger partial charge >= 0.3 is 0 Å². The predicted octanol–water partition coefficient (Wildman–Crippen LogP) is 4.02. The van der Waals surface area contributed by atoms with Crippen LogP contribution in [0.1, 0.15) is 10.4 Å². The van der Waals surface area contributed by atoms with Crippen LogP contribution in [0.2, 0.25) is 0 Å². The first-order valence-corrected chi connectivity index (χ1v) is 7.72. The summed E-state index contributed by atoms with van der Waals surface area (Å²) in [7, 11) is 0. The van der Waals surface area contributed by atoms with E-state index in [0.29, 0.717) is 0 Å². The Labute approximate surface area is 126 Å². The van der Waals surface area contributed by atoms with Gasteiger partial charge in [-0.1, -0.05) is 0 Å². The summed E-state index contributed by atoms with van der Waals surface area (Å²) in [5.41, 5.74) is 3.17. The van der Waals surface area contributed by atoms with E-state index in [0.717, 1.165) is 30.2 Å². The average molecular weight is 299 g/mol. The zero-order valence-electron chi connectivity index (χ0n) is 11.6. The largest absolute Gasteiger partial charge is 0.369 e. The second-order valence-electron chi connectivity index (χ2n) is 5.15. The Bertz CT molecular complexity index is 802. The number of aryl methyl sites for hydroxylation is 1. The van der Waals surface area contributed by atoms with Crippen molar-refractivity contribution in [3.05, 3.63) is 52.7 Å². The summed E-state index contributed by atoms with van der Waals surface area (Å²) < 4.78 is 15.0. The van der Waals surface area contributed by atoms with Crippen molar-refractivity contribution in [1.82, 2.24) is 9.78 Å². The molecule has 0 saturated heterocycles. The standard InChI is InChI=1S/C16H14FN3S/c1-10-2-7-14(21-10)15-13-8-9-18-16(13)20(19-15)12-5-3-11(17)4-6-12/h2-7,18H,8-9H2,1H3. The second kappa shape index (κ2) is 4.70. The molecule has 3 heterocycles. The van der Waals surface area contributed by atoms with Crippen LogP contribution in [0.4, 0.5) is 10.2 Å². The molecule has 4 rings (SSSR count). The molecule has 0 radical (unpaired) electrons. The van der Waals surface area contributed by atoms with Crippen molar-refractivity contribution < 1.29 is 4.39 Å². The summed E-state index contributed by atoms with van der Waals surface area (Å²) >= 11 is 1.75. The van der Waals surface area contributed by atoms with E-state index in [1.165, 1.54) is 27.5 Å². The molecule has 0 aliphatic carbocycles. The molecule has 21 heavy (non-hydrogen) atoms. The van der Waals surface area contributed by atoms with Gasteiger partial charge in [-0.25, -0.2) is 9.07 Å². The topological polar surface area (TPSA) is 29.9 Å². The third-order valence-electron chi connectivity index (χ3n) is 3.70. The van der Waals surface area contributed by atoms with Gasteiger partial charge in [0, 0.05) is 17.0 Å². The molecule has 0 spiro atoms. The van der Waals surface area contributed by atoms with Crippen LogP contribution >= 0.6 is 11.3 Å². The minimum Gasteiger partial charge on any atom is -0.369 e. The molecule has 1 aliphatic rings. The predicted molar refractivity (Wildman–Crippen MR) is 83.8 cm³/mol. The number of fused-ring (bicyclic) bond motifs is 1. The van der Waals surface area contributed by atoms with Crippen LogP contribution < -0.4 is 5.32 Å². The molecular formula is C16H14FN3S. The second-order valence-corrected chi connectivity index (χ2v) is 6.44. The van der Waals surface area contributed by atoms with Crippen LogP contribution in [-0.4, -0.2) is 16.3 Å². The SMILES string of the molecule is Cc1ccc(-c2nn(-c3ccc(F)cc3)c3c2CCN3)s1. The number of aromatic nitrogens is 2. The van der Waals surface area contributed by atoms with Crippen LogP contribution in [-0.2, 0) is 6.42 Å². The molecule has 2 aromatic heterocycles. The van der Waals surface area contributed by atoms with Gasteiger partial charge in [-0.2, -0.15) is 5.10 Å². The Morgan fingerprint density at radius 3 is 2.71 bits per heavy atom. The van der Waals surface area contributed by atoms with E-state index in [1.54, 1.807) is 23.5 Å². The lowest BCUT2D eigenvalue weighted by atomic mass is 10.2. The average Bonchev–Trinajstić information content (AvgIpc) is 3.15. The zero-order valence-corrected chi connectivity index (χ0v) is 12.4. The van der Waals surface area contributed by atoms with Crippen molar-refractivity contribution in [1.29, 1.82) is 0 Å². The molecule has 106 valence electrons. The van der Waals surface area contributed by atoms with E-state index in [9.17, 15) is 4.39 Å². The molecule has 1 aliphatic heterocycles. The maximum atomic E-state index is 13.1. The molecule has 3 aromatic rings. The number of hydrogen-bond acceptors (Lipinski definition) is 3. The zero-order chi connectivity index (χ0) is 14.4. The summed E-state index contributed by atoms with van der Waals surface area (Å²) in [6.07, 6.45) is 0.975. The Balaban J connectivity index is 1.88. The fourth-order valence-corrected chi connectivity index (χ4v) is 3.58. The molecule has 5 heteroatoms. The molecular weight excluding hydrogens is 285 g/mol. The Morgan fingerprint density at radius 2 is 2.00 bits per heavy atom. The quantitative estimate of drug-likeness (QED) is 0.774. The lowest BCUT2D eigenvalue weighted by molar-refractivity contribution is 0.627. The van der Waals surface area contributed by atoms with Gasteiger partial charge in [-0.15, -0.1) is 11.3 Å². The summed E-state index contributed by atoms with van der Waals surface area (Å²) in [6.45, 7) is 3.02. The van der Waals surface area contributed by atoms with Gasteiger partial charge in [0.05, 0.1) is 10.6 Å². The highest BCUT2D eigenvalue weighted by molar-refractivity contribution is 7.15. The van der Waals surface area contributed by atoms with Gasteiger partial charge in [0.1, 0.15) is 17.3 Å². The lowest BCUT2D eigenvalue weighted by Crippen LogP contribution is -2.04. The number of thiophene rings is 1. The Kier molecular flexibility index (Phi) is 2.82. The maximum Gasteiger partial charge on any atom is 0.133 e. The van der Waals surface area contributed by atoms with Gasteiger partial charge in [0.25, 0.3) is 0 Å². The van der Waals surface area contributed by atoms with E-state index >= 15 is 0 Å². The molecule has 0 fully saturated rings. The normalized spacial score (nSPS) is 13.2. The highest BCUT2D eigenvalue weighted by Gasteiger charge is 2.24.